The number of carbonyl (C=O) groups is 1. The quantitative estimate of drug-likeness (QED) is 0.466. The summed E-state index contributed by atoms with van der Waals surface area (Å²) in [4.78, 5) is 26.9. The molecule has 0 spiro atoms. The van der Waals surface area contributed by atoms with Gasteiger partial charge in [0.2, 0.25) is 5.91 Å². The van der Waals surface area contributed by atoms with Crippen molar-refractivity contribution in [3.63, 3.8) is 0 Å². The highest BCUT2D eigenvalue weighted by Crippen LogP contribution is 2.42. The number of aromatic hydroxyl groups is 1. The molecule has 5 rings (SSSR count). The Balaban J connectivity index is 1.61. The molecule has 1 unspecified atom stereocenters. The lowest BCUT2D eigenvalue weighted by atomic mass is 10.0. The molecule has 1 N–H and O–H groups in total. The first-order valence-electron chi connectivity index (χ1n) is 12.5. The van der Waals surface area contributed by atoms with E-state index in [1.165, 1.54) is 24.3 Å². The molecule has 2 aliphatic heterocycles. The maximum absolute atomic E-state index is 16.1. The van der Waals surface area contributed by atoms with Gasteiger partial charge in [-0.15, -0.1) is 0 Å². The van der Waals surface area contributed by atoms with Crippen LogP contribution in [0.1, 0.15) is 13.3 Å². The number of rotatable bonds is 6. The van der Waals surface area contributed by atoms with Gasteiger partial charge >= 0.3 is 6.01 Å². The first-order chi connectivity index (χ1) is 18.3. The number of ether oxygens (including phenoxy) is 1. The lowest BCUT2D eigenvalue weighted by molar-refractivity contribution is -0.126. The highest BCUT2D eigenvalue weighted by Gasteiger charge is 2.29. The van der Waals surface area contributed by atoms with Crippen LogP contribution < -0.4 is 9.64 Å². The van der Waals surface area contributed by atoms with Crippen LogP contribution in [0.2, 0.25) is 5.02 Å². The largest absolute Gasteiger partial charge is 0.507 e. The summed E-state index contributed by atoms with van der Waals surface area (Å²) < 4.78 is 37.0. The minimum absolute atomic E-state index is 0.00461. The topological polar surface area (TPSA) is 82.0 Å². The number of halogens is 3. The Morgan fingerprint density at radius 3 is 2.63 bits per heavy atom. The van der Waals surface area contributed by atoms with Gasteiger partial charge in [0.15, 0.2) is 5.82 Å². The second-order valence-corrected chi connectivity index (χ2v) is 9.75. The van der Waals surface area contributed by atoms with E-state index in [0.29, 0.717) is 43.9 Å². The number of likely N-dealkylation sites (N-methyl/N-ethyl adjacent to an activating group) is 1. The Morgan fingerprint density at radius 2 is 1.97 bits per heavy atom. The van der Waals surface area contributed by atoms with Gasteiger partial charge in [0.05, 0.1) is 10.6 Å². The monoisotopic (exact) mass is 543 g/mol. The summed E-state index contributed by atoms with van der Waals surface area (Å²) in [7, 11) is 0. The van der Waals surface area contributed by atoms with Crippen LogP contribution in [0.15, 0.2) is 36.9 Å². The predicted octanol–water partition coefficient (Wildman–Crippen LogP) is 4.24. The average Bonchev–Trinajstić information content (AvgIpc) is 3.37. The van der Waals surface area contributed by atoms with Crippen molar-refractivity contribution in [3.8, 4) is 22.9 Å². The van der Waals surface area contributed by atoms with E-state index in [0.717, 1.165) is 25.6 Å². The molecule has 2 aliphatic rings. The number of anilines is 1. The van der Waals surface area contributed by atoms with Crippen molar-refractivity contribution in [1.29, 1.82) is 0 Å². The van der Waals surface area contributed by atoms with E-state index in [2.05, 4.69) is 28.4 Å². The highest BCUT2D eigenvalue weighted by molar-refractivity contribution is 6.34. The minimum atomic E-state index is -0.886. The van der Waals surface area contributed by atoms with E-state index in [9.17, 15) is 14.3 Å². The third-order valence-corrected chi connectivity index (χ3v) is 7.40. The Bertz CT molecular complexity index is 1380. The summed E-state index contributed by atoms with van der Waals surface area (Å²) in [5.74, 6) is -1.89. The lowest BCUT2D eigenvalue weighted by Gasteiger charge is -2.35. The molecule has 1 aromatic heterocycles. The molecule has 1 atom stereocenters. The molecule has 2 aromatic carbocycles. The summed E-state index contributed by atoms with van der Waals surface area (Å²) in [6.45, 7) is 9.82. The number of phenolic OH excluding ortho intramolecular Hbond substituents is 1. The van der Waals surface area contributed by atoms with Crippen molar-refractivity contribution < 1.29 is 23.4 Å². The Kier molecular flexibility index (Phi) is 7.36. The van der Waals surface area contributed by atoms with Crippen LogP contribution in [0.3, 0.4) is 0 Å². The molecule has 0 aliphatic carbocycles. The summed E-state index contributed by atoms with van der Waals surface area (Å²) in [5.41, 5.74) is -0.725. The Morgan fingerprint density at radius 1 is 1.21 bits per heavy atom. The fourth-order valence-corrected chi connectivity index (χ4v) is 5.33. The zero-order valence-electron chi connectivity index (χ0n) is 21.0. The molecule has 2 fully saturated rings. The molecule has 38 heavy (non-hydrogen) atoms. The molecule has 1 amide bonds. The number of benzene rings is 2. The SMILES string of the molecule is C=CC(=O)N1CCN(c2nc(OC3CCN(CC)C3)nc3c(F)c(-c4c(O)cccc4F)c(Cl)cc23)CC1. The molecule has 2 saturated heterocycles. The molecule has 3 aromatic rings. The molecule has 0 bridgehead atoms. The first kappa shape index (κ1) is 26.1. The molecule has 11 heteroatoms. The van der Waals surface area contributed by atoms with E-state index in [1.807, 2.05) is 4.90 Å². The predicted molar refractivity (Wildman–Crippen MR) is 142 cm³/mol. The van der Waals surface area contributed by atoms with Crippen LogP contribution in [-0.4, -0.2) is 82.7 Å². The van der Waals surface area contributed by atoms with Gasteiger partial charge < -0.3 is 19.6 Å². The second kappa shape index (κ2) is 10.7. The van der Waals surface area contributed by atoms with E-state index in [1.54, 1.807) is 4.90 Å². The number of amides is 1. The van der Waals surface area contributed by atoms with Crippen molar-refractivity contribution in [2.45, 2.75) is 19.4 Å². The van der Waals surface area contributed by atoms with Gasteiger partial charge in [0.1, 0.15) is 29.0 Å². The summed E-state index contributed by atoms with van der Waals surface area (Å²) in [6.07, 6.45) is 1.90. The Hall–Kier alpha value is -3.50. The average molecular weight is 544 g/mol. The van der Waals surface area contributed by atoms with Crippen molar-refractivity contribution in [2.24, 2.45) is 0 Å². The van der Waals surface area contributed by atoms with Crippen molar-refractivity contribution in [1.82, 2.24) is 19.8 Å². The van der Waals surface area contributed by atoms with Crippen molar-refractivity contribution in [2.75, 3.05) is 50.7 Å². The van der Waals surface area contributed by atoms with Crippen LogP contribution in [-0.2, 0) is 4.79 Å². The number of piperazine rings is 1. The van der Waals surface area contributed by atoms with Crippen LogP contribution in [0, 0.1) is 11.6 Å². The van der Waals surface area contributed by atoms with Gasteiger partial charge in [-0.05, 0) is 37.2 Å². The van der Waals surface area contributed by atoms with Gasteiger partial charge in [-0.1, -0.05) is 31.2 Å². The summed E-state index contributed by atoms with van der Waals surface area (Å²) in [5, 5.41) is 10.6. The number of fused-ring (bicyclic) bond motifs is 1. The third-order valence-electron chi connectivity index (χ3n) is 7.10. The summed E-state index contributed by atoms with van der Waals surface area (Å²) >= 11 is 6.50. The number of hydrogen-bond donors (Lipinski definition) is 1. The van der Waals surface area contributed by atoms with Gasteiger partial charge in [-0.3, -0.25) is 9.69 Å². The van der Waals surface area contributed by atoms with Crippen LogP contribution in [0.25, 0.3) is 22.0 Å². The zero-order chi connectivity index (χ0) is 27.0. The molecule has 200 valence electrons. The number of aromatic nitrogens is 2. The van der Waals surface area contributed by atoms with Crippen molar-refractivity contribution >= 4 is 34.2 Å². The number of hydrogen-bond acceptors (Lipinski definition) is 7. The number of likely N-dealkylation sites (tertiary alicyclic amines) is 1. The molecule has 8 nitrogen and oxygen atoms in total. The third kappa shape index (κ3) is 4.86. The number of carbonyl (C=O) groups excluding carboxylic acids is 1. The zero-order valence-corrected chi connectivity index (χ0v) is 21.7. The van der Waals surface area contributed by atoms with Crippen LogP contribution in [0.5, 0.6) is 11.8 Å². The lowest BCUT2D eigenvalue weighted by Crippen LogP contribution is -2.48. The van der Waals surface area contributed by atoms with E-state index in [4.69, 9.17) is 16.3 Å². The summed E-state index contributed by atoms with van der Waals surface area (Å²) in [6, 6.07) is 5.20. The van der Waals surface area contributed by atoms with E-state index < -0.39 is 17.4 Å². The van der Waals surface area contributed by atoms with Gasteiger partial charge in [-0.2, -0.15) is 9.97 Å². The van der Waals surface area contributed by atoms with Gasteiger partial charge in [0.25, 0.3) is 0 Å². The molecular weight excluding hydrogens is 516 g/mol. The number of nitrogens with zero attached hydrogens (tertiary/aromatic N) is 5. The fourth-order valence-electron chi connectivity index (χ4n) is 5.04. The normalized spacial score (nSPS) is 18.3. The molecule has 0 saturated carbocycles. The first-order valence-corrected chi connectivity index (χ1v) is 12.9. The smallest absolute Gasteiger partial charge is 0.319 e. The molecular formula is C27H28ClF2N5O3. The van der Waals surface area contributed by atoms with Gasteiger partial charge in [0, 0.05) is 50.2 Å². The van der Waals surface area contributed by atoms with E-state index >= 15 is 4.39 Å². The Labute approximate surface area is 224 Å². The maximum atomic E-state index is 16.1. The van der Waals surface area contributed by atoms with Crippen molar-refractivity contribution in [3.05, 3.63) is 53.6 Å². The van der Waals surface area contributed by atoms with Crippen LogP contribution in [0.4, 0.5) is 14.6 Å². The van der Waals surface area contributed by atoms with Gasteiger partial charge in [-0.25, -0.2) is 8.78 Å². The molecule has 3 heterocycles. The fraction of sp³-hybridized carbons (Fsp3) is 0.370. The molecule has 0 radical (unpaired) electrons. The second-order valence-electron chi connectivity index (χ2n) is 9.35. The minimum Gasteiger partial charge on any atom is -0.507 e. The van der Waals surface area contributed by atoms with E-state index in [-0.39, 0.29) is 39.7 Å². The van der Waals surface area contributed by atoms with Crippen LogP contribution >= 0.6 is 11.6 Å². The highest BCUT2D eigenvalue weighted by atomic mass is 35.5. The maximum Gasteiger partial charge on any atom is 0.319 e. The standard InChI is InChI=1S/C27H28ClF2N5O3/c1-3-21(37)34-10-12-35(13-11-34)26-17-14-18(28)22(23-19(29)6-5-7-20(23)36)24(30)25(17)31-27(32-26)38-16-8-9-33(4-2)15-16/h3,5-7,14,16,36H,1,4,8-13,15H2,2H3. The number of phenols is 1.